The van der Waals surface area contributed by atoms with Gasteiger partial charge >= 0.3 is 0 Å². The molecule has 0 amide bonds. The molecular weight excluding hydrogens is 256 g/mol. The third kappa shape index (κ3) is 8.52. The van der Waals surface area contributed by atoms with Crippen LogP contribution >= 0.6 is 0 Å². The lowest BCUT2D eigenvalue weighted by atomic mass is 10.0. The highest BCUT2D eigenvalue weighted by Gasteiger charge is 1.94. The molecule has 0 fully saturated rings. The van der Waals surface area contributed by atoms with Gasteiger partial charge in [-0.3, -0.25) is 0 Å². The second kappa shape index (κ2) is 10.4. The van der Waals surface area contributed by atoms with E-state index >= 15 is 0 Å². The second-order valence-electron chi connectivity index (χ2n) is 5.99. The van der Waals surface area contributed by atoms with Crippen LogP contribution in [0.5, 0.6) is 0 Å². The highest BCUT2D eigenvalue weighted by molar-refractivity contribution is 5.21. The molecule has 0 bridgehead atoms. The molecule has 1 N–H and O–H groups in total. The van der Waals surface area contributed by atoms with Crippen LogP contribution in [0.4, 0.5) is 0 Å². The van der Waals surface area contributed by atoms with Gasteiger partial charge in [-0.15, -0.1) is 0 Å². The van der Waals surface area contributed by atoms with Crippen LogP contribution in [0.25, 0.3) is 0 Å². The maximum Gasteiger partial charge on any atom is 0.0434 e. The molecule has 1 aromatic rings. The first-order valence-corrected chi connectivity index (χ1v) is 8.09. The van der Waals surface area contributed by atoms with Crippen molar-refractivity contribution in [2.24, 2.45) is 0 Å². The molecule has 0 radical (unpaired) electrons. The average molecular weight is 286 g/mol. The predicted molar refractivity (Wildman–Crippen MR) is 92.6 cm³/mol. The molecule has 116 valence electrons. The van der Waals surface area contributed by atoms with Crippen LogP contribution in [0.1, 0.15) is 57.1 Å². The topological polar surface area (TPSA) is 20.2 Å². The van der Waals surface area contributed by atoms with Gasteiger partial charge in [-0.25, -0.2) is 0 Å². The van der Waals surface area contributed by atoms with Gasteiger partial charge in [0.15, 0.2) is 0 Å². The molecule has 0 aliphatic carbocycles. The minimum absolute atomic E-state index is 0.295. The summed E-state index contributed by atoms with van der Waals surface area (Å²) in [6, 6.07) is 8.83. The molecule has 21 heavy (non-hydrogen) atoms. The predicted octanol–water partition coefficient (Wildman–Crippen LogP) is 5.37. The molecule has 1 aromatic carbocycles. The number of aliphatic hydroxyl groups is 1. The molecule has 1 heteroatoms. The van der Waals surface area contributed by atoms with Crippen molar-refractivity contribution in [1.29, 1.82) is 0 Å². The highest BCUT2D eigenvalue weighted by atomic mass is 16.2. The van der Waals surface area contributed by atoms with E-state index in [1.165, 1.54) is 22.3 Å². The Balaban J connectivity index is 2.25. The lowest BCUT2D eigenvalue weighted by Crippen LogP contribution is -1.86. The van der Waals surface area contributed by atoms with Crippen molar-refractivity contribution >= 4 is 0 Å². The molecule has 0 saturated carbocycles. The Hall–Kier alpha value is -1.34. The van der Waals surface area contributed by atoms with Crippen LogP contribution in [0.15, 0.2) is 47.6 Å². The first-order valence-electron chi connectivity index (χ1n) is 8.09. The fraction of sp³-hybridized carbons (Fsp3) is 0.500. The fourth-order valence-electron chi connectivity index (χ4n) is 2.35. The van der Waals surface area contributed by atoms with Crippen LogP contribution in [-0.2, 0) is 6.42 Å². The fourth-order valence-corrected chi connectivity index (χ4v) is 2.35. The zero-order chi connectivity index (χ0) is 15.5. The van der Waals surface area contributed by atoms with Gasteiger partial charge in [0.2, 0.25) is 0 Å². The maximum absolute atomic E-state index is 8.80. The molecule has 0 unspecified atom stereocenters. The third-order valence-electron chi connectivity index (χ3n) is 3.81. The van der Waals surface area contributed by atoms with Gasteiger partial charge in [0.25, 0.3) is 0 Å². The molecule has 1 nitrogen and oxygen atoms in total. The molecule has 0 aromatic heterocycles. The van der Waals surface area contributed by atoms with E-state index in [0.717, 1.165) is 38.5 Å². The minimum atomic E-state index is 0.295. The van der Waals surface area contributed by atoms with Crippen molar-refractivity contribution in [2.75, 3.05) is 6.61 Å². The maximum atomic E-state index is 8.80. The first kappa shape index (κ1) is 17.7. The van der Waals surface area contributed by atoms with E-state index in [-0.39, 0.29) is 0 Å². The van der Waals surface area contributed by atoms with Crippen LogP contribution < -0.4 is 0 Å². The smallest absolute Gasteiger partial charge is 0.0434 e. The van der Waals surface area contributed by atoms with Gasteiger partial charge < -0.3 is 5.11 Å². The zero-order valence-corrected chi connectivity index (χ0v) is 13.9. The summed E-state index contributed by atoms with van der Waals surface area (Å²) in [5.41, 5.74) is 5.63. The summed E-state index contributed by atoms with van der Waals surface area (Å²) in [5.74, 6) is 0. The number of aryl methyl sites for hydroxylation is 2. The van der Waals surface area contributed by atoms with Crippen LogP contribution in [0, 0.1) is 6.92 Å². The monoisotopic (exact) mass is 286 g/mol. The van der Waals surface area contributed by atoms with E-state index in [2.05, 4.69) is 57.2 Å². The van der Waals surface area contributed by atoms with E-state index in [9.17, 15) is 0 Å². The Bertz CT molecular complexity index is 451. The van der Waals surface area contributed by atoms with E-state index < -0.39 is 0 Å². The molecule has 0 saturated heterocycles. The van der Waals surface area contributed by atoms with Crippen molar-refractivity contribution in [3.8, 4) is 0 Å². The lowest BCUT2D eigenvalue weighted by Gasteiger charge is -2.02. The number of hydrogen-bond acceptors (Lipinski definition) is 1. The number of hydrogen-bond donors (Lipinski definition) is 1. The molecule has 0 aliphatic heterocycles. The molecule has 0 spiro atoms. The molecule has 0 aliphatic rings. The van der Waals surface area contributed by atoms with Crippen LogP contribution in [0.2, 0.25) is 0 Å². The summed E-state index contributed by atoms with van der Waals surface area (Å²) >= 11 is 0. The summed E-state index contributed by atoms with van der Waals surface area (Å²) in [4.78, 5) is 0. The van der Waals surface area contributed by atoms with E-state index in [0.29, 0.717) is 6.61 Å². The van der Waals surface area contributed by atoms with Gasteiger partial charge in [0, 0.05) is 6.61 Å². The number of benzene rings is 1. The molecule has 0 atom stereocenters. The number of allylic oxidation sites excluding steroid dienone is 4. The van der Waals surface area contributed by atoms with Gasteiger partial charge in [-0.05, 0) is 64.9 Å². The van der Waals surface area contributed by atoms with Gasteiger partial charge in [-0.1, -0.05) is 53.1 Å². The highest BCUT2D eigenvalue weighted by Crippen LogP contribution is 2.12. The summed E-state index contributed by atoms with van der Waals surface area (Å²) in [5, 5.41) is 8.80. The Morgan fingerprint density at radius 3 is 2.24 bits per heavy atom. The van der Waals surface area contributed by atoms with Crippen molar-refractivity contribution in [2.45, 2.75) is 59.3 Å². The van der Waals surface area contributed by atoms with Crippen molar-refractivity contribution in [1.82, 2.24) is 0 Å². The summed E-state index contributed by atoms with van der Waals surface area (Å²) in [6.45, 7) is 6.81. The van der Waals surface area contributed by atoms with Crippen LogP contribution in [0.3, 0.4) is 0 Å². The lowest BCUT2D eigenvalue weighted by molar-refractivity contribution is 0.288. The SMILES string of the molecule is CC(=CCCc1ccc(C)cc1)CCC=C(C)CCCO. The normalized spacial score (nSPS) is 12.8. The van der Waals surface area contributed by atoms with Crippen LogP contribution in [-0.4, -0.2) is 11.7 Å². The van der Waals surface area contributed by atoms with E-state index in [1.54, 1.807) is 0 Å². The van der Waals surface area contributed by atoms with Gasteiger partial charge in [0.05, 0.1) is 0 Å². The zero-order valence-electron chi connectivity index (χ0n) is 13.9. The molecule has 1 rings (SSSR count). The van der Waals surface area contributed by atoms with Crippen molar-refractivity contribution < 1.29 is 5.11 Å². The van der Waals surface area contributed by atoms with E-state index in [4.69, 9.17) is 5.11 Å². The minimum Gasteiger partial charge on any atom is -0.396 e. The molecular formula is C20H30O. The third-order valence-corrected chi connectivity index (χ3v) is 3.81. The van der Waals surface area contributed by atoms with Gasteiger partial charge in [-0.2, -0.15) is 0 Å². The summed E-state index contributed by atoms with van der Waals surface area (Å²) in [6.07, 6.45) is 11.1. The van der Waals surface area contributed by atoms with Crippen molar-refractivity contribution in [3.05, 3.63) is 58.7 Å². The Morgan fingerprint density at radius 2 is 1.57 bits per heavy atom. The largest absolute Gasteiger partial charge is 0.396 e. The number of aliphatic hydroxyl groups excluding tert-OH is 1. The standard InChI is InChI=1S/C20H30O/c1-17(7-4-8-18(2)10-6-16-21)9-5-11-20-14-12-19(3)13-15-20/h8-9,12-15,21H,4-7,10-11,16H2,1-3H3. The average Bonchev–Trinajstić information content (AvgIpc) is 2.47. The van der Waals surface area contributed by atoms with Gasteiger partial charge in [0.1, 0.15) is 0 Å². The Morgan fingerprint density at radius 1 is 0.952 bits per heavy atom. The summed E-state index contributed by atoms with van der Waals surface area (Å²) in [7, 11) is 0. The quantitative estimate of drug-likeness (QED) is 0.605. The van der Waals surface area contributed by atoms with Crippen molar-refractivity contribution in [3.63, 3.8) is 0 Å². The second-order valence-corrected chi connectivity index (χ2v) is 5.99. The Kier molecular flexibility index (Phi) is 8.77. The summed E-state index contributed by atoms with van der Waals surface area (Å²) < 4.78 is 0. The molecule has 0 heterocycles. The first-order chi connectivity index (χ1) is 10.1. The Labute approximate surface area is 130 Å². The number of rotatable bonds is 9. The van der Waals surface area contributed by atoms with E-state index in [1.807, 2.05) is 0 Å².